The van der Waals surface area contributed by atoms with Gasteiger partial charge in [-0.1, -0.05) is 12.1 Å². The van der Waals surface area contributed by atoms with E-state index in [1.165, 1.54) is 10.4 Å². The van der Waals surface area contributed by atoms with Crippen molar-refractivity contribution in [2.45, 2.75) is 4.90 Å². The van der Waals surface area contributed by atoms with Crippen LogP contribution in [0.1, 0.15) is 0 Å². The quantitative estimate of drug-likeness (QED) is 0.624. The van der Waals surface area contributed by atoms with Crippen LogP contribution in [0.5, 0.6) is 5.75 Å². The molecule has 0 unspecified atom stereocenters. The summed E-state index contributed by atoms with van der Waals surface area (Å²) in [7, 11) is -2.03. The number of aromatic nitrogens is 2. The van der Waals surface area contributed by atoms with Crippen molar-refractivity contribution in [1.82, 2.24) is 14.3 Å². The number of anilines is 1. The number of benzene rings is 2. The number of nitrogens with two attached hydrogens (primary N) is 1. The topological polar surface area (TPSA) is 108 Å². The summed E-state index contributed by atoms with van der Waals surface area (Å²) in [4.78, 5) is 9.12. The molecule has 1 saturated heterocycles. The van der Waals surface area contributed by atoms with Gasteiger partial charge in [0.2, 0.25) is 10.0 Å². The van der Waals surface area contributed by atoms with Gasteiger partial charge in [-0.15, -0.1) is 0 Å². The van der Waals surface area contributed by atoms with E-state index in [-0.39, 0.29) is 4.90 Å². The normalized spacial score (nSPS) is 15.1. The minimum atomic E-state index is -3.62. The molecule has 4 rings (SSSR count). The van der Waals surface area contributed by atoms with E-state index >= 15 is 0 Å². The first-order chi connectivity index (χ1) is 14.5. The number of nitrogen functional groups attached to an aromatic ring is 1. The Balaban J connectivity index is 1.69. The molecule has 1 aliphatic heterocycles. The summed E-state index contributed by atoms with van der Waals surface area (Å²) in [6.07, 6.45) is 1.64. The van der Waals surface area contributed by atoms with E-state index in [0.29, 0.717) is 54.8 Å². The number of ether oxygens (including phenoxy) is 2. The van der Waals surface area contributed by atoms with Crippen LogP contribution in [0.2, 0.25) is 0 Å². The molecule has 2 heterocycles. The highest BCUT2D eigenvalue weighted by Gasteiger charge is 2.27. The number of rotatable bonds is 5. The predicted octanol–water partition coefficient (Wildman–Crippen LogP) is 2.42. The average Bonchev–Trinajstić information content (AvgIpc) is 2.79. The van der Waals surface area contributed by atoms with Gasteiger partial charge >= 0.3 is 0 Å². The summed E-state index contributed by atoms with van der Waals surface area (Å²) in [6, 6.07) is 13.9. The number of methoxy groups -OCH3 is 1. The second kappa shape index (κ2) is 8.39. The third kappa shape index (κ3) is 3.87. The average molecular weight is 426 g/mol. The van der Waals surface area contributed by atoms with Crippen LogP contribution in [0.25, 0.3) is 22.6 Å². The minimum absolute atomic E-state index is 0.157. The van der Waals surface area contributed by atoms with Crippen LogP contribution in [0, 0.1) is 0 Å². The SMILES string of the molecule is COc1ccccc1-c1nccc(-c2ccc(S(=O)(=O)N3CCOCC3)cc2N)n1. The highest BCUT2D eigenvalue weighted by atomic mass is 32.2. The first kappa shape index (κ1) is 20.3. The summed E-state index contributed by atoms with van der Waals surface area (Å²) in [5, 5.41) is 0. The van der Waals surface area contributed by atoms with Crippen molar-refractivity contribution in [3.8, 4) is 28.4 Å². The molecule has 2 N–H and O–H groups in total. The van der Waals surface area contributed by atoms with Gasteiger partial charge in [0, 0.05) is 30.5 Å². The zero-order valence-electron chi connectivity index (χ0n) is 16.5. The number of nitrogens with zero attached hydrogens (tertiary/aromatic N) is 3. The van der Waals surface area contributed by atoms with E-state index < -0.39 is 10.0 Å². The van der Waals surface area contributed by atoms with Crippen molar-refractivity contribution in [3.05, 3.63) is 54.7 Å². The Kier molecular flexibility index (Phi) is 5.67. The molecule has 0 amide bonds. The molecule has 0 aliphatic carbocycles. The van der Waals surface area contributed by atoms with Crippen LogP contribution >= 0.6 is 0 Å². The molecule has 8 nitrogen and oxygen atoms in total. The zero-order chi connectivity index (χ0) is 21.1. The molecule has 0 bridgehead atoms. The molecular formula is C21H22N4O4S. The second-order valence-electron chi connectivity index (χ2n) is 6.73. The van der Waals surface area contributed by atoms with Crippen molar-refractivity contribution in [1.29, 1.82) is 0 Å². The molecule has 9 heteroatoms. The largest absolute Gasteiger partial charge is 0.496 e. The lowest BCUT2D eigenvalue weighted by molar-refractivity contribution is 0.0730. The molecule has 156 valence electrons. The monoisotopic (exact) mass is 426 g/mol. The molecule has 30 heavy (non-hydrogen) atoms. The van der Waals surface area contributed by atoms with Crippen molar-refractivity contribution in [2.24, 2.45) is 0 Å². The number of hydrogen-bond donors (Lipinski definition) is 1. The molecule has 2 aromatic carbocycles. The van der Waals surface area contributed by atoms with Gasteiger partial charge in [-0.25, -0.2) is 18.4 Å². The summed E-state index contributed by atoms with van der Waals surface area (Å²) < 4.78 is 37.8. The molecule has 1 aromatic heterocycles. The Morgan fingerprint density at radius 1 is 1.07 bits per heavy atom. The molecule has 1 fully saturated rings. The van der Waals surface area contributed by atoms with Crippen molar-refractivity contribution in [2.75, 3.05) is 39.1 Å². The molecular weight excluding hydrogens is 404 g/mol. The lowest BCUT2D eigenvalue weighted by atomic mass is 10.1. The number of sulfonamides is 1. The second-order valence-corrected chi connectivity index (χ2v) is 8.67. The predicted molar refractivity (Wildman–Crippen MR) is 113 cm³/mol. The minimum Gasteiger partial charge on any atom is -0.496 e. The van der Waals surface area contributed by atoms with Gasteiger partial charge in [-0.05, 0) is 36.4 Å². The van der Waals surface area contributed by atoms with Gasteiger partial charge in [0.05, 0.1) is 36.5 Å². The highest BCUT2D eigenvalue weighted by Crippen LogP contribution is 2.31. The third-order valence-corrected chi connectivity index (χ3v) is 6.80. The van der Waals surface area contributed by atoms with Crippen LogP contribution in [-0.4, -0.2) is 56.1 Å². The van der Waals surface area contributed by atoms with E-state index in [1.54, 1.807) is 31.5 Å². The highest BCUT2D eigenvalue weighted by molar-refractivity contribution is 7.89. The Labute approximate surface area is 175 Å². The number of morpholine rings is 1. The molecule has 0 atom stereocenters. The van der Waals surface area contributed by atoms with Crippen LogP contribution < -0.4 is 10.5 Å². The van der Waals surface area contributed by atoms with E-state index in [1.807, 2.05) is 24.3 Å². The number of para-hydroxylation sites is 1. The summed E-state index contributed by atoms with van der Waals surface area (Å²) in [5.41, 5.74) is 8.55. The molecule has 0 spiro atoms. The summed E-state index contributed by atoms with van der Waals surface area (Å²) in [6.45, 7) is 1.44. The number of hydrogen-bond acceptors (Lipinski definition) is 7. The van der Waals surface area contributed by atoms with Crippen LogP contribution in [0.4, 0.5) is 5.69 Å². The summed E-state index contributed by atoms with van der Waals surface area (Å²) >= 11 is 0. The Bertz CT molecular complexity index is 1160. The van der Waals surface area contributed by atoms with Gasteiger partial charge in [0.15, 0.2) is 5.82 Å². The molecule has 3 aromatic rings. The van der Waals surface area contributed by atoms with Gasteiger partial charge in [0.25, 0.3) is 0 Å². The Morgan fingerprint density at radius 3 is 2.57 bits per heavy atom. The van der Waals surface area contributed by atoms with Crippen molar-refractivity contribution in [3.63, 3.8) is 0 Å². The third-order valence-electron chi connectivity index (χ3n) is 4.91. The molecule has 0 saturated carbocycles. The van der Waals surface area contributed by atoms with E-state index in [0.717, 1.165) is 5.56 Å². The lowest BCUT2D eigenvalue weighted by Crippen LogP contribution is -2.40. The van der Waals surface area contributed by atoms with Crippen molar-refractivity contribution < 1.29 is 17.9 Å². The van der Waals surface area contributed by atoms with Crippen LogP contribution in [0.15, 0.2) is 59.6 Å². The zero-order valence-corrected chi connectivity index (χ0v) is 17.3. The smallest absolute Gasteiger partial charge is 0.243 e. The van der Waals surface area contributed by atoms with Crippen LogP contribution in [-0.2, 0) is 14.8 Å². The first-order valence-electron chi connectivity index (χ1n) is 9.45. The maximum absolute atomic E-state index is 12.9. The van der Waals surface area contributed by atoms with Gasteiger partial charge in [0.1, 0.15) is 5.75 Å². The fourth-order valence-corrected chi connectivity index (χ4v) is 4.78. The lowest BCUT2D eigenvalue weighted by Gasteiger charge is -2.26. The standard InChI is InChI=1S/C21H22N4O4S/c1-28-20-5-3-2-4-17(20)21-23-9-8-19(24-21)16-7-6-15(14-18(16)22)30(26,27)25-10-12-29-13-11-25/h2-9,14H,10-13,22H2,1H3. The first-order valence-corrected chi connectivity index (χ1v) is 10.9. The fraction of sp³-hybridized carbons (Fsp3) is 0.238. The van der Waals surface area contributed by atoms with Gasteiger partial charge < -0.3 is 15.2 Å². The van der Waals surface area contributed by atoms with E-state index in [4.69, 9.17) is 15.2 Å². The Morgan fingerprint density at radius 2 is 1.83 bits per heavy atom. The molecule has 0 radical (unpaired) electrons. The van der Waals surface area contributed by atoms with E-state index in [2.05, 4.69) is 9.97 Å². The van der Waals surface area contributed by atoms with Crippen LogP contribution in [0.3, 0.4) is 0 Å². The van der Waals surface area contributed by atoms with Gasteiger partial charge in [-0.3, -0.25) is 0 Å². The summed E-state index contributed by atoms with van der Waals surface area (Å²) in [5.74, 6) is 1.16. The Hall–Kier alpha value is -3.01. The van der Waals surface area contributed by atoms with E-state index in [9.17, 15) is 8.42 Å². The van der Waals surface area contributed by atoms with Gasteiger partial charge in [-0.2, -0.15) is 4.31 Å². The molecule has 1 aliphatic rings. The maximum Gasteiger partial charge on any atom is 0.243 e. The van der Waals surface area contributed by atoms with Crippen molar-refractivity contribution >= 4 is 15.7 Å². The maximum atomic E-state index is 12.9. The fourth-order valence-electron chi connectivity index (χ4n) is 3.34.